The minimum atomic E-state index is -0.254. The predicted octanol–water partition coefficient (Wildman–Crippen LogP) is 1.70. The molecule has 86 valence electrons. The number of nitrogens with two attached hydrogens (primary N) is 1. The molecule has 0 saturated heterocycles. The molecular weight excluding hydrogens is 208 g/mol. The van der Waals surface area contributed by atoms with E-state index in [2.05, 4.69) is 0 Å². The highest BCUT2D eigenvalue weighted by Crippen LogP contribution is 2.25. The van der Waals surface area contributed by atoms with Crippen LogP contribution in [0.2, 0.25) is 0 Å². The first-order valence-corrected chi connectivity index (χ1v) is 6.04. The molecule has 1 rings (SSSR count). The number of carbonyl (C=O) groups is 1. The van der Waals surface area contributed by atoms with Crippen LogP contribution in [0.1, 0.15) is 39.0 Å². The SMILES string of the molecule is CCCC(C(=O)N(C)C1CCC1)C(N)=S. The number of carbonyl (C=O) groups excluding carboxylic acids is 1. The van der Waals surface area contributed by atoms with E-state index >= 15 is 0 Å². The molecule has 3 nitrogen and oxygen atoms in total. The van der Waals surface area contributed by atoms with Gasteiger partial charge in [-0.2, -0.15) is 0 Å². The molecule has 0 heterocycles. The van der Waals surface area contributed by atoms with Crippen molar-refractivity contribution in [1.29, 1.82) is 0 Å². The molecule has 15 heavy (non-hydrogen) atoms. The molecule has 4 heteroatoms. The molecule has 1 amide bonds. The molecule has 0 radical (unpaired) electrons. The van der Waals surface area contributed by atoms with Gasteiger partial charge in [-0.05, 0) is 25.7 Å². The summed E-state index contributed by atoms with van der Waals surface area (Å²) in [6.07, 6.45) is 5.18. The molecule has 0 aromatic heterocycles. The molecule has 0 aromatic rings. The van der Waals surface area contributed by atoms with Crippen molar-refractivity contribution in [1.82, 2.24) is 4.90 Å². The molecule has 1 saturated carbocycles. The summed E-state index contributed by atoms with van der Waals surface area (Å²) < 4.78 is 0. The van der Waals surface area contributed by atoms with Crippen molar-refractivity contribution in [3.8, 4) is 0 Å². The lowest BCUT2D eigenvalue weighted by atomic mass is 9.90. The van der Waals surface area contributed by atoms with Crippen LogP contribution in [-0.2, 0) is 4.79 Å². The maximum atomic E-state index is 12.1. The van der Waals surface area contributed by atoms with Gasteiger partial charge >= 0.3 is 0 Å². The van der Waals surface area contributed by atoms with E-state index in [1.54, 1.807) is 0 Å². The number of rotatable bonds is 5. The van der Waals surface area contributed by atoms with Gasteiger partial charge in [0.2, 0.25) is 5.91 Å². The summed E-state index contributed by atoms with van der Waals surface area (Å²) in [6.45, 7) is 2.04. The lowest BCUT2D eigenvalue weighted by molar-refractivity contribution is -0.135. The van der Waals surface area contributed by atoms with Gasteiger partial charge in [-0.1, -0.05) is 25.6 Å². The van der Waals surface area contributed by atoms with E-state index in [1.165, 1.54) is 6.42 Å². The molecule has 1 atom stereocenters. The Bertz CT molecular complexity index is 251. The van der Waals surface area contributed by atoms with Crippen LogP contribution < -0.4 is 5.73 Å². The zero-order chi connectivity index (χ0) is 11.4. The van der Waals surface area contributed by atoms with Crippen molar-refractivity contribution in [2.45, 2.75) is 45.1 Å². The number of hydrogen-bond donors (Lipinski definition) is 1. The second-order valence-electron chi connectivity index (χ2n) is 4.28. The Morgan fingerprint density at radius 2 is 2.20 bits per heavy atom. The summed E-state index contributed by atoms with van der Waals surface area (Å²) in [5.41, 5.74) is 5.61. The highest BCUT2D eigenvalue weighted by molar-refractivity contribution is 7.80. The van der Waals surface area contributed by atoms with Crippen LogP contribution in [0.4, 0.5) is 0 Å². The van der Waals surface area contributed by atoms with Crippen molar-refractivity contribution < 1.29 is 4.79 Å². The molecule has 1 fully saturated rings. The van der Waals surface area contributed by atoms with Crippen molar-refractivity contribution in [2.24, 2.45) is 11.7 Å². The fourth-order valence-corrected chi connectivity index (χ4v) is 2.09. The Morgan fingerprint density at radius 1 is 1.60 bits per heavy atom. The Hall–Kier alpha value is -0.640. The van der Waals surface area contributed by atoms with Gasteiger partial charge in [0.25, 0.3) is 0 Å². The van der Waals surface area contributed by atoms with Gasteiger partial charge in [0.05, 0.1) is 10.9 Å². The molecule has 1 aliphatic carbocycles. The topological polar surface area (TPSA) is 46.3 Å². The van der Waals surface area contributed by atoms with Crippen molar-refractivity contribution in [3.63, 3.8) is 0 Å². The van der Waals surface area contributed by atoms with Gasteiger partial charge in [-0.3, -0.25) is 4.79 Å². The summed E-state index contributed by atoms with van der Waals surface area (Å²) in [5.74, 6) is -0.148. The third-order valence-electron chi connectivity index (χ3n) is 3.19. The second-order valence-corrected chi connectivity index (χ2v) is 4.75. The Labute approximate surface area is 97.0 Å². The Morgan fingerprint density at radius 3 is 2.53 bits per heavy atom. The molecule has 0 spiro atoms. The maximum Gasteiger partial charge on any atom is 0.232 e. The number of amides is 1. The van der Waals surface area contributed by atoms with Crippen molar-refractivity contribution in [3.05, 3.63) is 0 Å². The Balaban J connectivity index is 2.57. The van der Waals surface area contributed by atoms with E-state index in [0.717, 1.165) is 25.7 Å². The minimum Gasteiger partial charge on any atom is -0.393 e. The molecule has 1 aliphatic rings. The first-order valence-electron chi connectivity index (χ1n) is 5.64. The quantitative estimate of drug-likeness (QED) is 0.729. The van der Waals surface area contributed by atoms with E-state index in [9.17, 15) is 4.79 Å². The maximum absolute atomic E-state index is 12.1. The number of thiocarbonyl (C=S) groups is 1. The molecule has 0 aliphatic heterocycles. The average Bonchev–Trinajstić information content (AvgIpc) is 2.09. The minimum absolute atomic E-state index is 0.106. The van der Waals surface area contributed by atoms with Crippen LogP contribution in [0.25, 0.3) is 0 Å². The zero-order valence-electron chi connectivity index (χ0n) is 9.53. The highest BCUT2D eigenvalue weighted by Gasteiger charge is 2.30. The first-order chi connectivity index (χ1) is 7.07. The lowest BCUT2D eigenvalue weighted by Crippen LogP contribution is -2.46. The zero-order valence-corrected chi connectivity index (χ0v) is 10.3. The van der Waals surface area contributed by atoms with Gasteiger partial charge in [0.15, 0.2) is 0 Å². The fourth-order valence-electron chi connectivity index (χ4n) is 1.88. The second kappa shape index (κ2) is 5.45. The molecule has 2 N–H and O–H groups in total. The fraction of sp³-hybridized carbons (Fsp3) is 0.818. The first kappa shape index (κ1) is 12.4. The van der Waals surface area contributed by atoms with Gasteiger partial charge in [-0.15, -0.1) is 0 Å². The molecular formula is C11H20N2OS. The van der Waals surface area contributed by atoms with Crippen LogP contribution in [-0.4, -0.2) is 28.9 Å². The van der Waals surface area contributed by atoms with Crippen LogP contribution in [0.15, 0.2) is 0 Å². The van der Waals surface area contributed by atoms with E-state index in [-0.39, 0.29) is 11.8 Å². The summed E-state index contributed by atoms with van der Waals surface area (Å²) in [7, 11) is 1.87. The van der Waals surface area contributed by atoms with Crippen molar-refractivity contribution in [2.75, 3.05) is 7.05 Å². The molecule has 1 unspecified atom stereocenters. The normalized spacial score (nSPS) is 18.0. The van der Waals surface area contributed by atoms with E-state index in [1.807, 2.05) is 18.9 Å². The summed E-state index contributed by atoms with van der Waals surface area (Å²) in [5, 5.41) is 0. The van der Waals surface area contributed by atoms with Crippen LogP contribution in [0.5, 0.6) is 0 Å². The molecule has 0 bridgehead atoms. The third kappa shape index (κ3) is 2.91. The smallest absolute Gasteiger partial charge is 0.232 e. The van der Waals surface area contributed by atoms with Gasteiger partial charge < -0.3 is 10.6 Å². The van der Waals surface area contributed by atoms with Gasteiger partial charge in [0, 0.05) is 13.1 Å². The lowest BCUT2D eigenvalue weighted by Gasteiger charge is -2.36. The summed E-state index contributed by atoms with van der Waals surface area (Å²) >= 11 is 4.95. The van der Waals surface area contributed by atoms with E-state index in [0.29, 0.717) is 11.0 Å². The summed E-state index contributed by atoms with van der Waals surface area (Å²) in [6, 6.07) is 0.422. The number of nitrogens with zero attached hydrogens (tertiary/aromatic N) is 1. The number of hydrogen-bond acceptors (Lipinski definition) is 2. The van der Waals surface area contributed by atoms with Crippen LogP contribution in [0, 0.1) is 5.92 Å². The van der Waals surface area contributed by atoms with Crippen LogP contribution in [0.3, 0.4) is 0 Å². The monoisotopic (exact) mass is 228 g/mol. The Kier molecular flexibility index (Phi) is 4.51. The van der Waals surface area contributed by atoms with E-state index < -0.39 is 0 Å². The van der Waals surface area contributed by atoms with Gasteiger partial charge in [-0.25, -0.2) is 0 Å². The third-order valence-corrected chi connectivity index (χ3v) is 3.47. The summed E-state index contributed by atoms with van der Waals surface area (Å²) in [4.78, 5) is 14.2. The van der Waals surface area contributed by atoms with Crippen molar-refractivity contribution >= 4 is 23.1 Å². The van der Waals surface area contributed by atoms with Crippen LogP contribution >= 0.6 is 12.2 Å². The average molecular weight is 228 g/mol. The standard InChI is InChI=1S/C11H20N2OS/c1-3-5-9(10(12)15)11(14)13(2)8-6-4-7-8/h8-9H,3-7H2,1-2H3,(H2,12,15). The predicted molar refractivity (Wildman–Crippen MR) is 65.6 cm³/mol. The molecule has 0 aromatic carbocycles. The highest BCUT2D eigenvalue weighted by atomic mass is 32.1. The van der Waals surface area contributed by atoms with E-state index in [4.69, 9.17) is 18.0 Å². The largest absolute Gasteiger partial charge is 0.393 e. The van der Waals surface area contributed by atoms with Gasteiger partial charge in [0.1, 0.15) is 0 Å².